The SMILES string of the molecule is COc1cc(/C=C/C(=O)N(CCCn2ccnc2)c2nc3cc(C)cc(C)c3s2)cc(OC)c1OC.Cl. The van der Waals surface area contributed by atoms with Gasteiger partial charge in [0.1, 0.15) is 0 Å². The van der Waals surface area contributed by atoms with E-state index in [1.165, 1.54) is 0 Å². The van der Waals surface area contributed by atoms with E-state index in [0.29, 0.717) is 28.9 Å². The van der Waals surface area contributed by atoms with E-state index >= 15 is 0 Å². The van der Waals surface area contributed by atoms with Crippen LogP contribution in [0.5, 0.6) is 17.2 Å². The summed E-state index contributed by atoms with van der Waals surface area (Å²) in [7, 11) is 4.69. The summed E-state index contributed by atoms with van der Waals surface area (Å²) in [5, 5.41) is 0.684. The molecule has 0 saturated carbocycles. The lowest BCUT2D eigenvalue weighted by atomic mass is 10.1. The molecule has 0 atom stereocenters. The highest BCUT2D eigenvalue weighted by Gasteiger charge is 2.19. The maximum absolute atomic E-state index is 13.5. The minimum Gasteiger partial charge on any atom is -0.493 e. The Bertz CT molecular complexity index is 1360. The summed E-state index contributed by atoms with van der Waals surface area (Å²) >= 11 is 1.54. The van der Waals surface area contributed by atoms with Crippen molar-refractivity contribution in [2.45, 2.75) is 26.8 Å². The Morgan fingerprint density at radius 3 is 2.43 bits per heavy atom. The number of rotatable bonds is 10. The van der Waals surface area contributed by atoms with Crippen LogP contribution in [0.2, 0.25) is 0 Å². The van der Waals surface area contributed by atoms with Crippen molar-refractivity contribution in [2.24, 2.45) is 0 Å². The largest absolute Gasteiger partial charge is 0.493 e. The number of nitrogens with zero attached hydrogens (tertiary/aromatic N) is 4. The third-order valence-corrected chi connectivity index (χ3v) is 7.00. The van der Waals surface area contributed by atoms with Crippen molar-refractivity contribution in [3.63, 3.8) is 0 Å². The monoisotopic (exact) mass is 542 g/mol. The van der Waals surface area contributed by atoms with Gasteiger partial charge in [0.25, 0.3) is 5.91 Å². The molecule has 0 aliphatic carbocycles. The second-order valence-corrected chi connectivity index (χ2v) is 9.34. The summed E-state index contributed by atoms with van der Waals surface area (Å²) in [6.45, 7) is 5.41. The number of carbonyl (C=O) groups is 1. The van der Waals surface area contributed by atoms with Crippen LogP contribution in [0.1, 0.15) is 23.1 Å². The average Bonchev–Trinajstić information content (AvgIpc) is 3.54. The highest BCUT2D eigenvalue weighted by Crippen LogP contribution is 2.38. The standard InChI is InChI=1S/C27H30N4O4S.ClH/c1-18-13-19(2)26-21(14-18)29-27(36-26)31(11-6-10-30-12-9-28-17-30)24(32)8-7-20-15-22(33-3)25(35-5)23(16-20)34-4;/h7-9,12-17H,6,10-11H2,1-5H3;1H/b8-7+;. The summed E-state index contributed by atoms with van der Waals surface area (Å²) < 4.78 is 19.4. The van der Waals surface area contributed by atoms with Gasteiger partial charge in [0.15, 0.2) is 16.6 Å². The lowest BCUT2D eigenvalue weighted by Crippen LogP contribution is -2.30. The van der Waals surface area contributed by atoms with E-state index < -0.39 is 0 Å². The first-order valence-corrected chi connectivity index (χ1v) is 12.4. The molecule has 2 aromatic heterocycles. The van der Waals surface area contributed by atoms with Crippen LogP contribution in [-0.4, -0.2) is 48.3 Å². The molecule has 0 bridgehead atoms. The maximum Gasteiger partial charge on any atom is 0.252 e. The van der Waals surface area contributed by atoms with Crippen LogP contribution in [-0.2, 0) is 11.3 Å². The van der Waals surface area contributed by atoms with Crippen LogP contribution < -0.4 is 19.1 Å². The minimum atomic E-state index is -0.150. The quantitative estimate of drug-likeness (QED) is 0.239. The number of anilines is 1. The molecular formula is C27H31ClN4O4S. The van der Waals surface area contributed by atoms with E-state index in [-0.39, 0.29) is 18.3 Å². The van der Waals surface area contributed by atoms with Gasteiger partial charge < -0.3 is 18.8 Å². The zero-order valence-electron chi connectivity index (χ0n) is 21.6. The lowest BCUT2D eigenvalue weighted by Gasteiger charge is -2.18. The van der Waals surface area contributed by atoms with Gasteiger partial charge in [0, 0.05) is 31.6 Å². The number of halogens is 1. The zero-order valence-corrected chi connectivity index (χ0v) is 23.2. The Morgan fingerprint density at radius 1 is 1.08 bits per heavy atom. The molecule has 8 nitrogen and oxygen atoms in total. The van der Waals surface area contributed by atoms with Gasteiger partial charge in [-0.05, 0) is 61.2 Å². The molecule has 0 saturated heterocycles. The van der Waals surface area contributed by atoms with Crippen molar-refractivity contribution in [3.8, 4) is 17.2 Å². The van der Waals surface area contributed by atoms with Crippen molar-refractivity contribution >= 4 is 51.1 Å². The fourth-order valence-electron chi connectivity index (χ4n) is 4.07. The van der Waals surface area contributed by atoms with Crippen LogP contribution in [0, 0.1) is 13.8 Å². The summed E-state index contributed by atoms with van der Waals surface area (Å²) in [5.41, 5.74) is 3.98. The van der Waals surface area contributed by atoms with Gasteiger partial charge in [0.2, 0.25) is 5.75 Å². The average molecular weight is 543 g/mol. The molecule has 4 aromatic rings. The van der Waals surface area contributed by atoms with E-state index in [4.69, 9.17) is 19.2 Å². The number of ether oxygens (including phenoxy) is 3. The third kappa shape index (κ3) is 6.42. The molecule has 0 aliphatic rings. The van der Waals surface area contributed by atoms with Crippen LogP contribution in [0.15, 0.2) is 49.1 Å². The third-order valence-electron chi connectivity index (χ3n) is 5.77. The second-order valence-electron chi connectivity index (χ2n) is 8.36. The van der Waals surface area contributed by atoms with Gasteiger partial charge in [-0.25, -0.2) is 9.97 Å². The second kappa shape index (κ2) is 12.6. The molecule has 0 unspecified atom stereocenters. The van der Waals surface area contributed by atoms with Gasteiger partial charge in [-0.15, -0.1) is 12.4 Å². The van der Waals surface area contributed by atoms with Gasteiger partial charge in [-0.1, -0.05) is 17.4 Å². The topological polar surface area (TPSA) is 78.7 Å². The van der Waals surface area contributed by atoms with E-state index in [9.17, 15) is 4.79 Å². The molecule has 2 aromatic carbocycles. The molecular weight excluding hydrogens is 512 g/mol. The summed E-state index contributed by atoms with van der Waals surface area (Å²) in [5.74, 6) is 1.41. The number of methoxy groups -OCH3 is 3. The Labute approximate surface area is 226 Å². The molecule has 0 aliphatic heterocycles. The lowest BCUT2D eigenvalue weighted by molar-refractivity contribution is -0.114. The molecule has 1 amide bonds. The van der Waals surface area contributed by atoms with E-state index in [0.717, 1.165) is 39.9 Å². The van der Waals surface area contributed by atoms with Crippen LogP contribution in [0.4, 0.5) is 5.13 Å². The van der Waals surface area contributed by atoms with Crippen LogP contribution in [0.3, 0.4) is 0 Å². The van der Waals surface area contributed by atoms with Crippen molar-refractivity contribution in [1.29, 1.82) is 0 Å². The molecule has 4 rings (SSSR count). The highest BCUT2D eigenvalue weighted by atomic mass is 35.5. The number of carbonyl (C=O) groups excluding carboxylic acids is 1. The Hall–Kier alpha value is -3.56. The number of imidazole rings is 1. The van der Waals surface area contributed by atoms with Gasteiger partial charge in [-0.2, -0.15) is 0 Å². The van der Waals surface area contributed by atoms with Crippen molar-refractivity contribution < 1.29 is 19.0 Å². The fraction of sp³-hybridized carbons (Fsp3) is 0.296. The normalized spacial score (nSPS) is 10.9. The maximum atomic E-state index is 13.5. The Morgan fingerprint density at radius 2 is 1.81 bits per heavy atom. The first-order chi connectivity index (χ1) is 17.4. The predicted octanol–water partition coefficient (Wildman–Crippen LogP) is 5.69. The van der Waals surface area contributed by atoms with Crippen molar-refractivity contribution in [2.75, 3.05) is 32.8 Å². The van der Waals surface area contributed by atoms with Gasteiger partial charge in [0.05, 0.1) is 37.9 Å². The first kappa shape index (κ1) is 28.0. The van der Waals surface area contributed by atoms with Crippen LogP contribution >= 0.6 is 23.7 Å². The molecule has 0 fully saturated rings. The number of aryl methyl sites for hydroxylation is 3. The molecule has 10 heteroatoms. The predicted molar refractivity (Wildman–Crippen MR) is 151 cm³/mol. The Balaban J connectivity index is 0.00000380. The van der Waals surface area contributed by atoms with Crippen molar-refractivity contribution in [1.82, 2.24) is 14.5 Å². The zero-order chi connectivity index (χ0) is 25.7. The molecule has 0 N–H and O–H groups in total. The number of benzene rings is 2. The number of thiazole rings is 1. The molecule has 0 radical (unpaired) electrons. The number of fused-ring (bicyclic) bond motifs is 1. The minimum absolute atomic E-state index is 0. The molecule has 2 heterocycles. The summed E-state index contributed by atoms with van der Waals surface area (Å²) in [4.78, 5) is 24.1. The first-order valence-electron chi connectivity index (χ1n) is 11.6. The highest BCUT2D eigenvalue weighted by molar-refractivity contribution is 7.22. The molecule has 0 spiro atoms. The fourth-order valence-corrected chi connectivity index (χ4v) is 5.11. The van der Waals surface area contributed by atoms with Gasteiger partial charge in [-0.3, -0.25) is 9.69 Å². The van der Waals surface area contributed by atoms with Crippen LogP contribution in [0.25, 0.3) is 16.3 Å². The Kier molecular flexibility index (Phi) is 9.54. The van der Waals surface area contributed by atoms with E-state index in [1.807, 2.05) is 10.8 Å². The smallest absolute Gasteiger partial charge is 0.252 e. The van der Waals surface area contributed by atoms with Gasteiger partial charge >= 0.3 is 0 Å². The number of amides is 1. The van der Waals surface area contributed by atoms with E-state index in [2.05, 4.69) is 31.0 Å². The summed E-state index contributed by atoms with van der Waals surface area (Å²) in [6.07, 6.45) is 9.51. The number of aromatic nitrogens is 3. The van der Waals surface area contributed by atoms with E-state index in [1.54, 1.807) is 74.4 Å². The molecule has 37 heavy (non-hydrogen) atoms. The number of hydrogen-bond acceptors (Lipinski definition) is 7. The summed E-state index contributed by atoms with van der Waals surface area (Å²) in [6, 6.07) is 7.80. The molecule has 196 valence electrons. The van der Waals surface area contributed by atoms with Crippen molar-refractivity contribution in [3.05, 3.63) is 65.8 Å². The number of hydrogen-bond donors (Lipinski definition) is 0.